The van der Waals surface area contributed by atoms with Crippen LogP contribution in [0.3, 0.4) is 0 Å². The van der Waals surface area contributed by atoms with E-state index in [0.29, 0.717) is 11.6 Å². The van der Waals surface area contributed by atoms with Gasteiger partial charge in [-0.1, -0.05) is 41.9 Å². The fraction of sp³-hybridized carbons (Fsp3) is 0.133. The van der Waals surface area contributed by atoms with Crippen molar-refractivity contribution in [3.05, 3.63) is 64.9 Å². The summed E-state index contributed by atoms with van der Waals surface area (Å²) in [6.45, 7) is 2.50. The summed E-state index contributed by atoms with van der Waals surface area (Å²) in [4.78, 5) is 0. The van der Waals surface area contributed by atoms with Crippen LogP contribution in [0.25, 0.3) is 5.69 Å². The third-order valence-corrected chi connectivity index (χ3v) is 3.50. The molecule has 6 heteroatoms. The minimum absolute atomic E-state index is 0.493. The van der Waals surface area contributed by atoms with Crippen LogP contribution in [0, 0.1) is 6.92 Å². The maximum atomic E-state index is 6.21. The average molecular weight is 300 g/mol. The van der Waals surface area contributed by atoms with Crippen molar-refractivity contribution in [3.8, 4) is 5.69 Å². The first-order valence-electron chi connectivity index (χ1n) is 6.57. The van der Waals surface area contributed by atoms with E-state index >= 15 is 0 Å². The van der Waals surface area contributed by atoms with Gasteiger partial charge in [-0.3, -0.25) is 0 Å². The molecule has 21 heavy (non-hydrogen) atoms. The van der Waals surface area contributed by atoms with Crippen molar-refractivity contribution in [1.29, 1.82) is 0 Å². The predicted octanol–water partition coefficient (Wildman–Crippen LogP) is 3.24. The van der Waals surface area contributed by atoms with Gasteiger partial charge in [0.15, 0.2) is 5.82 Å². The molecule has 0 atom stereocenters. The second-order valence-corrected chi connectivity index (χ2v) is 5.03. The van der Waals surface area contributed by atoms with E-state index in [1.165, 1.54) is 0 Å². The average Bonchev–Trinajstić information content (AvgIpc) is 2.96. The lowest BCUT2D eigenvalue weighted by atomic mass is 10.2. The molecule has 0 amide bonds. The summed E-state index contributed by atoms with van der Waals surface area (Å²) in [6, 6.07) is 15.6. The lowest BCUT2D eigenvalue weighted by Crippen LogP contribution is -2.09. The van der Waals surface area contributed by atoms with Crippen LogP contribution in [0.1, 0.15) is 11.4 Å². The first kappa shape index (κ1) is 13.6. The van der Waals surface area contributed by atoms with E-state index < -0.39 is 0 Å². The van der Waals surface area contributed by atoms with E-state index in [2.05, 4.69) is 20.8 Å². The zero-order chi connectivity index (χ0) is 14.7. The molecule has 0 radical (unpaired) electrons. The number of nitrogens with zero attached hydrogens (tertiary/aromatic N) is 4. The highest BCUT2D eigenvalue weighted by Gasteiger charge is 2.09. The first-order chi connectivity index (χ1) is 10.3. The molecule has 0 aliphatic carbocycles. The number of aromatic nitrogens is 4. The molecular formula is C15H14ClN5. The Labute approximate surface area is 127 Å². The fourth-order valence-corrected chi connectivity index (χ4v) is 2.40. The molecule has 0 unspecified atom stereocenters. The van der Waals surface area contributed by atoms with Crippen molar-refractivity contribution in [2.24, 2.45) is 0 Å². The van der Waals surface area contributed by atoms with Gasteiger partial charge in [0.2, 0.25) is 0 Å². The third kappa shape index (κ3) is 2.87. The lowest BCUT2D eigenvalue weighted by molar-refractivity contribution is 0.768. The van der Waals surface area contributed by atoms with Gasteiger partial charge in [0, 0.05) is 0 Å². The Morgan fingerprint density at radius 3 is 2.67 bits per heavy atom. The molecule has 0 saturated heterocycles. The summed E-state index contributed by atoms with van der Waals surface area (Å²) < 4.78 is 1.71. The number of hydrogen-bond donors (Lipinski definition) is 1. The normalized spacial score (nSPS) is 10.6. The fourth-order valence-electron chi connectivity index (χ4n) is 2.11. The Bertz CT molecular complexity index is 719. The molecule has 0 aliphatic heterocycles. The SMILES string of the molecule is Cc1cccc(Cl)c1NCc1nnnn1-c1ccccc1. The van der Waals surface area contributed by atoms with Crippen LogP contribution in [0.15, 0.2) is 48.5 Å². The number of aryl methyl sites for hydroxylation is 1. The van der Waals surface area contributed by atoms with Gasteiger partial charge in [-0.05, 0) is 41.1 Å². The van der Waals surface area contributed by atoms with Crippen LogP contribution >= 0.6 is 11.6 Å². The molecule has 106 valence electrons. The topological polar surface area (TPSA) is 55.6 Å². The second kappa shape index (κ2) is 5.93. The zero-order valence-electron chi connectivity index (χ0n) is 11.5. The van der Waals surface area contributed by atoms with Crippen LogP contribution in [0.2, 0.25) is 5.02 Å². The number of rotatable bonds is 4. The van der Waals surface area contributed by atoms with E-state index in [1.807, 2.05) is 55.5 Å². The molecule has 0 saturated carbocycles. The van der Waals surface area contributed by atoms with Crippen molar-refractivity contribution in [3.63, 3.8) is 0 Å². The standard InChI is InChI=1S/C15H14ClN5/c1-11-6-5-9-13(16)15(11)17-10-14-18-19-20-21(14)12-7-3-2-4-8-12/h2-9,17H,10H2,1H3. The summed E-state index contributed by atoms with van der Waals surface area (Å²) in [5, 5.41) is 15.8. The third-order valence-electron chi connectivity index (χ3n) is 3.18. The van der Waals surface area contributed by atoms with Gasteiger partial charge >= 0.3 is 0 Å². The van der Waals surface area contributed by atoms with Gasteiger partial charge < -0.3 is 5.32 Å². The Morgan fingerprint density at radius 1 is 1.10 bits per heavy atom. The number of hydrogen-bond acceptors (Lipinski definition) is 4. The molecule has 3 aromatic rings. The second-order valence-electron chi connectivity index (χ2n) is 4.63. The number of halogens is 1. The van der Waals surface area contributed by atoms with Crippen LogP contribution in [-0.2, 0) is 6.54 Å². The molecule has 0 fully saturated rings. The molecule has 0 aliphatic rings. The number of nitrogens with one attached hydrogen (secondary N) is 1. The van der Waals surface area contributed by atoms with Crippen molar-refractivity contribution in [2.75, 3.05) is 5.32 Å². The van der Waals surface area contributed by atoms with Crippen LogP contribution in [-0.4, -0.2) is 20.2 Å². The van der Waals surface area contributed by atoms with Gasteiger partial charge in [-0.2, -0.15) is 4.68 Å². The molecule has 1 N–H and O–H groups in total. The number of anilines is 1. The summed E-state index contributed by atoms with van der Waals surface area (Å²) in [5.74, 6) is 0.723. The highest BCUT2D eigenvalue weighted by molar-refractivity contribution is 6.33. The smallest absolute Gasteiger partial charge is 0.175 e. The Hall–Kier alpha value is -2.40. The molecule has 2 aromatic carbocycles. The number of para-hydroxylation sites is 2. The van der Waals surface area contributed by atoms with E-state index in [-0.39, 0.29) is 0 Å². The van der Waals surface area contributed by atoms with Crippen molar-refractivity contribution in [1.82, 2.24) is 20.2 Å². The monoisotopic (exact) mass is 299 g/mol. The molecule has 5 nitrogen and oxygen atoms in total. The number of tetrazole rings is 1. The zero-order valence-corrected chi connectivity index (χ0v) is 12.2. The molecule has 0 spiro atoms. The Kier molecular flexibility index (Phi) is 3.83. The lowest BCUT2D eigenvalue weighted by Gasteiger charge is -2.11. The largest absolute Gasteiger partial charge is 0.376 e. The molecule has 3 rings (SSSR count). The highest BCUT2D eigenvalue weighted by Crippen LogP contribution is 2.25. The van der Waals surface area contributed by atoms with E-state index in [1.54, 1.807) is 4.68 Å². The van der Waals surface area contributed by atoms with E-state index in [9.17, 15) is 0 Å². The summed E-state index contributed by atoms with van der Waals surface area (Å²) in [6.07, 6.45) is 0. The first-order valence-corrected chi connectivity index (χ1v) is 6.95. The van der Waals surface area contributed by atoms with Crippen LogP contribution < -0.4 is 5.32 Å². The number of benzene rings is 2. The van der Waals surface area contributed by atoms with Gasteiger partial charge in [0.1, 0.15) is 0 Å². The molecular weight excluding hydrogens is 286 g/mol. The van der Waals surface area contributed by atoms with Gasteiger partial charge in [-0.25, -0.2) is 0 Å². The minimum Gasteiger partial charge on any atom is -0.376 e. The summed E-state index contributed by atoms with van der Waals surface area (Å²) in [5.41, 5.74) is 2.91. The van der Waals surface area contributed by atoms with Crippen LogP contribution in [0.5, 0.6) is 0 Å². The van der Waals surface area contributed by atoms with Gasteiger partial charge in [0.05, 0.1) is 22.9 Å². The molecule has 1 aromatic heterocycles. The summed E-state index contributed by atoms with van der Waals surface area (Å²) >= 11 is 6.21. The van der Waals surface area contributed by atoms with Crippen LogP contribution in [0.4, 0.5) is 5.69 Å². The van der Waals surface area contributed by atoms with Crippen molar-refractivity contribution >= 4 is 17.3 Å². The van der Waals surface area contributed by atoms with Crippen molar-refractivity contribution < 1.29 is 0 Å². The van der Waals surface area contributed by atoms with E-state index in [4.69, 9.17) is 11.6 Å². The highest BCUT2D eigenvalue weighted by atomic mass is 35.5. The predicted molar refractivity (Wildman–Crippen MR) is 82.7 cm³/mol. The maximum Gasteiger partial charge on any atom is 0.175 e. The van der Waals surface area contributed by atoms with Gasteiger partial charge in [0.25, 0.3) is 0 Å². The Balaban J connectivity index is 1.83. The Morgan fingerprint density at radius 2 is 1.90 bits per heavy atom. The van der Waals surface area contributed by atoms with Crippen molar-refractivity contribution in [2.45, 2.75) is 13.5 Å². The minimum atomic E-state index is 0.493. The quantitative estimate of drug-likeness (QED) is 0.803. The van der Waals surface area contributed by atoms with E-state index in [0.717, 1.165) is 22.8 Å². The van der Waals surface area contributed by atoms with Gasteiger partial charge in [-0.15, -0.1) is 5.10 Å². The molecule has 0 bridgehead atoms. The molecule has 1 heterocycles. The summed E-state index contributed by atoms with van der Waals surface area (Å²) in [7, 11) is 0. The maximum absolute atomic E-state index is 6.21.